The fourth-order valence-corrected chi connectivity index (χ4v) is 1.32. The minimum atomic E-state index is -0.0981. The van der Waals surface area contributed by atoms with Gasteiger partial charge in [0.2, 0.25) is 0 Å². The molecule has 15 heavy (non-hydrogen) atoms. The lowest BCUT2D eigenvalue weighted by Gasteiger charge is -1.99. The summed E-state index contributed by atoms with van der Waals surface area (Å²) < 4.78 is 0. The van der Waals surface area contributed by atoms with Crippen LogP contribution in [0, 0.1) is 11.8 Å². The number of rotatable bonds is 2. The van der Waals surface area contributed by atoms with Crippen molar-refractivity contribution >= 4 is 23.7 Å². The van der Waals surface area contributed by atoms with Gasteiger partial charge in [0.05, 0.1) is 11.4 Å². The van der Waals surface area contributed by atoms with Gasteiger partial charge in [0.1, 0.15) is 6.29 Å². The fraction of sp³-hybridized carbons (Fsp3) is 0.167. The van der Waals surface area contributed by atoms with Crippen LogP contribution in [0.1, 0.15) is 29.3 Å². The lowest BCUT2D eigenvalue weighted by molar-refractivity contribution is -0.107. The van der Waals surface area contributed by atoms with E-state index < -0.39 is 0 Å². The summed E-state index contributed by atoms with van der Waals surface area (Å²) >= 11 is 5.83. The monoisotopic (exact) mass is 220 g/mol. The van der Waals surface area contributed by atoms with Gasteiger partial charge in [-0.15, -0.1) is 0 Å². The Bertz CT molecular complexity index is 452. The van der Waals surface area contributed by atoms with Crippen LogP contribution in [0.5, 0.6) is 0 Å². The third kappa shape index (κ3) is 3.23. The van der Waals surface area contributed by atoms with Gasteiger partial charge in [0.25, 0.3) is 0 Å². The lowest BCUT2D eigenvalue weighted by atomic mass is 10.1. The molecule has 1 aromatic carbocycles. The number of halogens is 1. The summed E-state index contributed by atoms with van der Waals surface area (Å²) in [6.07, 6.45) is 0.923. The molecule has 0 atom stereocenters. The maximum Gasteiger partial charge on any atom is 0.161 e. The minimum absolute atomic E-state index is 0.0981. The summed E-state index contributed by atoms with van der Waals surface area (Å²) in [7, 11) is 0. The summed E-state index contributed by atoms with van der Waals surface area (Å²) in [5, 5.41) is 0.420. The van der Waals surface area contributed by atoms with E-state index in [0.717, 1.165) is 6.29 Å². The van der Waals surface area contributed by atoms with Crippen molar-refractivity contribution in [1.82, 2.24) is 0 Å². The van der Waals surface area contributed by atoms with Crippen LogP contribution in [0.4, 0.5) is 0 Å². The zero-order valence-electron chi connectivity index (χ0n) is 8.21. The van der Waals surface area contributed by atoms with Crippen LogP contribution < -0.4 is 0 Å². The number of ketones is 1. The van der Waals surface area contributed by atoms with E-state index in [-0.39, 0.29) is 12.2 Å². The van der Waals surface area contributed by atoms with Crippen molar-refractivity contribution in [3.63, 3.8) is 0 Å². The molecule has 2 nitrogen and oxygen atoms in total. The van der Waals surface area contributed by atoms with Gasteiger partial charge < -0.3 is 4.79 Å². The molecule has 0 aliphatic heterocycles. The Balaban J connectivity index is 3.04. The van der Waals surface area contributed by atoms with Crippen LogP contribution in [-0.2, 0) is 4.79 Å². The quantitative estimate of drug-likeness (QED) is 0.436. The third-order valence-corrected chi connectivity index (χ3v) is 2.09. The highest BCUT2D eigenvalue weighted by molar-refractivity contribution is 6.33. The number of Topliss-reactive ketones (excluding diaryl/α,β-unsaturated/α-hetero) is 1. The number of benzene rings is 1. The van der Waals surface area contributed by atoms with E-state index in [1.54, 1.807) is 18.2 Å². The largest absolute Gasteiger partial charge is 0.302 e. The predicted molar refractivity (Wildman–Crippen MR) is 59.0 cm³/mol. The van der Waals surface area contributed by atoms with Crippen molar-refractivity contribution in [2.24, 2.45) is 0 Å². The van der Waals surface area contributed by atoms with Crippen LogP contribution in [0.15, 0.2) is 18.2 Å². The van der Waals surface area contributed by atoms with Crippen LogP contribution >= 0.6 is 11.6 Å². The third-order valence-electron chi connectivity index (χ3n) is 1.76. The van der Waals surface area contributed by atoms with Crippen molar-refractivity contribution in [2.45, 2.75) is 13.3 Å². The first-order valence-corrected chi connectivity index (χ1v) is 4.76. The minimum Gasteiger partial charge on any atom is -0.302 e. The van der Waals surface area contributed by atoms with Gasteiger partial charge >= 0.3 is 0 Å². The van der Waals surface area contributed by atoms with E-state index in [1.807, 2.05) is 0 Å². The molecule has 0 amide bonds. The molecule has 1 rings (SSSR count). The van der Waals surface area contributed by atoms with Gasteiger partial charge in [-0.2, -0.15) is 0 Å². The molecule has 1 aromatic rings. The lowest BCUT2D eigenvalue weighted by Crippen LogP contribution is -1.93. The molecule has 0 unspecified atom stereocenters. The summed E-state index contributed by atoms with van der Waals surface area (Å²) in [6.45, 7) is 1.45. The molecule has 0 aliphatic carbocycles. The summed E-state index contributed by atoms with van der Waals surface area (Å²) in [4.78, 5) is 21.2. The van der Waals surface area contributed by atoms with E-state index in [1.165, 1.54) is 6.92 Å². The number of hydrogen-bond donors (Lipinski definition) is 0. The molecule has 0 N–H and O–H groups in total. The number of aldehydes is 1. The highest BCUT2D eigenvalue weighted by Gasteiger charge is 2.05. The highest BCUT2D eigenvalue weighted by atomic mass is 35.5. The van der Waals surface area contributed by atoms with Crippen molar-refractivity contribution in [2.75, 3.05) is 0 Å². The summed E-state index contributed by atoms with van der Waals surface area (Å²) in [5.74, 6) is 5.34. The van der Waals surface area contributed by atoms with Gasteiger partial charge in [0, 0.05) is 11.1 Å². The molecule has 0 aromatic heterocycles. The van der Waals surface area contributed by atoms with Crippen molar-refractivity contribution in [1.29, 1.82) is 0 Å². The standard InChI is InChI=1S/C12H9ClO2/c1-9(15)11-8-10(4-2-3-7-14)5-6-12(11)13/h5-8H,3H2,1H3. The summed E-state index contributed by atoms with van der Waals surface area (Å²) in [6, 6.07) is 4.97. The maximum absolute atomic E-state index is 11.2. The Kier molecular flexibility index (Phi) is 4.08. The molecule has 0 radical (unpaired) electrons. The smallest absolute Gasteiger partial charge is 0.161 e. The molecule has 0 aliphatic rings. The van der Waals surface area contributed by atoms with Gasteiger partial charge in [-0.3, -0.25) is 4.79 Å². The Labute approximate surface area is 93.2 Å². The van der Waals surface area contributed by atoms with Crippen molar-refractivity contribution in [3.8, 4) is 11.8 Å². The maximum atomic E-state index is 11.2. The molecule has 0 saturated heterocycles. The second-order valence-electron chi connectivity index (χ2n) is 2.92. The van der Waals surface area contributed by atoms with Crippen LogP contribution in [0.3, 0.4) is 0 Å². The average Bonchev–Trinajstić information content (AvgIpc) is 2.20. The second kappa shape index (κ2) is 5.33. The first kappa shape index (κ1) is 11.5. The van der Waals surface area contributed by atoms with E-state index in [4.69, 9.17) is 11.6 Å². The topological polar surface area (TPSA) is 34.1 Å². The first-order chi connectivity index (χ1) is 7.15. The Morgan fingerprint density at radius 3 is 2.87 bits per heavy atom. The molecule has 3 heteroatoms. The van der Waals surface area contributed by atoms with E-state index in [0.29, 0.717) is 16.1 Å². The van der Waals surface area contributed by atoms with Gasteiger partial charge in [0.15, 0.2) is 5.78 Å². The Hall–Kier alpha value is -1.59. The Morgan fingerprint density at radius 2 is 2.27 bits per heavy atom. The first-order valence-electron chi connectivity index (χ1n) is 4.38. The van der Waals surface area contributed by atoms with Crippen LogP contribution in [-0.4, -0.2) is 12.1 Å². The zero-order valence-corrected chi connectivity index (χ0v) is 8.97. The SMILES string of the molecule is CC(=O)c1cc(C#CCC=O)ccc1Cl. The van der Waals surface area contributed by atoms with E-state index in [9.17, 15) is 9.59 Å². The number of carbonyl (C=O) groups excluding carboxylic acids is 2. The average molecular weight is 221 g/mol. The zero-order chi connectivity index (χ0) is 11.3. The van der Waals surface area contributed by atoms with Crippen molar-refractivity contribution in [3.05, 3.63) is 34.3 Å². The second-order valence-corrected chi connectivity index (χ2v) is 3.33. The van der Waals surface area contributed by atoms with Gasteiger partial charge in [-0.05, 0) is 25.1 Å². The molecular weight excluding hydrogens is 212 g/mol. The molecule has 76 valence electrons. The molecule has 0 saturated carbocycles. The molecular formula is C12H9ClO2. The van der Waals surface area contributed by atoms with Crippen LogP contribution in [0.25, 0.3) is 0 Å². The molecule has 0 bridgehead atoms. The van der Waals surface area contributed by atoms with Crippen LogP contribution in [0.2, 0.25) is 5.02 Å². The highest BCUT2D eigenvalue weighted by Crippen LogP contribution is 2.17. The molecule has 0 spiro atoms. The number of carbonyl (C=O) groups is 2. The predicted octanol–water partition coefficient (Wildman–Crippen LogP) is 2.48. The fourth-order valence-electron chi connectivity index (χ4n) is 1.07. The molecule has 0 fully saturated rings. The Morgan fingerprint density at radius 1 is 1.53 bits per heavy atom. The van der Waals surface area contributed by atoms with Gasteiger partial charge in [-0.1, -0.05) is 23.4 Å². The summed E-state index contributed by atoms with van der Waals surface area (Å²) in [5.41, 5.74) is 1.14. The molecule has 0 heterocycles. The normalized spacial score (nSPS) is 8.93. The van der Waals surface area contributed by atoms with Crippen molar-refractivity contribution < 1.29 is 9.59 Å². The van der Waals surface area contributed by atoms with E-state index >= 15 is 0 Å². The van der Waals surface area contributed by atoms with Gasteiger partial charge in [-0.25, -0.2) is 0 Å². The number of hydrogen-bond acceptors (Lipinski definition) is 2. The van der Waals surface area contributed by atoms with E-state index in [2.05, 4.69) is 11.8 Å².